The fourth-order valence-corrected chi connectivity index (χ4v) is 8.37. The fourth-order valence-electron chi connectivity index (χ4n) is 8.37. The summed E-state index contributed by atoms with van der Waals surface area (Å²) in [6.45, 7) is 9.41. The molecule has 0 unspecified atom stereocenters. The largest absolute Gasteiger partial charge is 0.461 e. The number of fused-ring (bicyclic) bond motifs is 4. The lowest BCUT2D eigenvalue weighted by Gasteiger charge is -2.41. The number of piperazine rings is 1. The summed E-state index contributed by atoms with van der Waals surface area (Å²) in [6, 6.07) is 8.29. The van der Waals surface area contributed by atoms with Crippen molar-refractivity contribution < 1.29 is 23.0 Å². The van der Waals surface area contributed by atoms with E-state index in [2.05, 4.69) is 15.7 Å². The van der Waals surface area contributed by atoms with Gasteiger partial charge in [-0.05, 0) is 83.8 Å². The maximum Gasteiger partial charge on any atom is 0.410 e. The molecule has 0 saturated carbocycles. The Morgan fingerprint density at radius 1 is 1.04 bits per heavy atom. The van der Waals surface area contributed by atoms with Crippen LogP contribution in [-0.2, 0) is 11.2 Å². The van der Waals surface area contributed by atoms with E-state index in [4.69, 9.17) is 30.8 Å². The van der Waals surface area contributed by atoms with Crippen molar-refractivity contribution in [2.24, 2.45) is 0 Å². The number of terminal acetylenes is 1. The standard InChI is InChI=1S/C38H40F2N6O3/c1-5-25-27(39)13-11-23-9-6-10-26(29(23)25)32-31(40)33-30-28(41-32)14-12-24-21-44(36(47)49-37(2,3)4)19-20-46(24)34(30)43-35(42-33)48-22-38-15-7-17-45(38)18-8-16-38/h1,6,9-11,13,24H,7-8,12,14-22H2,2-4H3/t24-/m1/s1. The molecule has 0 bridgehead atoms. The van der Waals surface area contributed by atoms with Crippen LogP contribution in [0.5, 0.6) is 6.01 Å². The Hall–Kier alpha value is -4.56. The number of aryl methyl sites for hydroxylation is 1. The molecule has 0 spiro atoms. The Kier molecular flexibility index (Phi) is 7.63. The molecule has 254 valence electrons. The first-order valence-electron chi connectivity index (χ1n) is 17.3. The molecule has 2 aromatic heterocycles. The number of carbonyl (C=O) groups excluding carboxylic acids is 1. The SMILES string of the molecule is C#Cc1c(F)ccc2cccc(-c3nc4c5c(nc(OCC67CCCN6CCC7)nc5c3F)N3CCN(C(=O)OC(C)(C)C)C[C@H]3CC4)c12. The summed E-state index contributed by atoms with van der Waals surface area (Å²) in [5.41, 5.74) is 0.582. The van der Waals surface area contributed by atoms with Crippen LogP contribution >= 0.6 is 0 Å². The van der Waals surface area contributed by atoms with Crippen molar-refractivity contribution in [2.75, 3.05) is 44.2 Å². The zero-order valence-electron chi connectivity index (χ0n) is 28.2. The number of halogens is 2. The van der Waals surface area contributed by atoms with Crippen molar-refractivity contribution >= 4 is 33.6 Å². The number of hydrogen-bond acceptors (Lipinski definition) is 8. The number of ether oxygens (including phenoxy) is 2. The van der Waals surface area contributed by atoms with Gasteiger partial charge in [0.25, 0.3) is 0 Å². The molecule has 49 heavy (non-hydrogen) atoms. The number of carbonyl (C=O) groups is 1. The monoisotopic (exact) mass is 666 g/mol. The van der Waals surface area contributed by atoms with Crippen molar-refractivity contribution in [1.29, 1.82) is 0 Å². The normalized spacial score (nSPS) is 20.2. The molecule has 1 amide bonds. The van der Waals surface area contributed by atoms with E-state index in [1.165, 1.54) is 6.07 Å². The van der Waals surface area contributed by atoms with Gasteiger partial charge in [-0.3, -0.25) is 4.90 Å². The molecule has 0 N–H and O–H groups in total. The molecule has 4 aliphatic rings. The minimum absolute atomic E-state index is 0.0532. The van der Waals surface area contributed by atoms with Crippen LogP contribution in [0.1, 0.15) is 64.1 Å². The van der Waals surface area contributed by atoms with Gasteiger partial charge in [-0.1, -0.05) is 30.2 Å². The smallest absolute Gasteiger partial charge is 0.410 e. The maximum atomic E-state index is 17.1. The molecule has 3 fully saturated rings. The van der Waals surface area contributed by atoms with Crippen molar-refractivity contribution in [3.63, 3.8) is 0 Å². The van der Waals surface area contributed by atoms with Gasteiger partial charge in [0.15, 0.2) is 5.82 Å². The van der Waals surface area contributed by atoms with E-state index in [1.54, 1.807) is 23.1 Å². The highest BCUT2D eigenvalue weighted by Gasteiger charge is 2.45. The van der Waals surface area contributed by atoms with Crippen LogP contribution in [-0.4, -0.2) is 87.4 Å². The summed E-state index contributed by atoms with van der Waals surface area (Å²) in [4.78, 5) is 34.1. The number of aromatic nitrogens is 3. The van der Waals surface area contributed by atoms with Crippen LogP contribution in [0.3, 0.4) is 0 Å². The quantitative estimate of drug-likeness (QED) is 0.229. The molecule has 2 aromatic carbocycles. The van der Waals surface area contributed by atoms with Gasteiger partial charge in [-0.2, -0.15) is 9.97 Å². The third kappa shape index (κ3) is 5.41. The van der Waals surface area contributed by atoms with Gasteiger partial charge in [-0.15, -0.1) is 6.42 Å². The Labute approximate surface area is 284 Å². The Morgan fingerprint density at radius 2 is 1.84 bits per heavy atom. The van der Waals surface area contributed by atoms with Crippen LogP contribution in [0, 0.1) is 24.0 Å². The molecule has 9 nitrogen and oxygen atoms in total. The average molecular weight is 667 g/mol. The van der Waals surface area contributed by atoms with E-state index in [1.807, 2.05) is 26.8 Å². The lowest BCUT2D eigenvalue weighted by molar-refractivity contribution is 0.0212. The maximum absolute atomic E-state index is 17.1. The number of amides is 1. The highest BCUT2D eigenvalue weighted by atomic mass is 19.1. The molecule has 4 aliphatic heterocycles. The zero-order chi connectivity index (χ0) is 34.1. The Morgan fingerprint density at radius 3 is 2.59 bits per heavy atom. The lowest BCUT2D eigenvalue weighted by Crippen LogP contribution is -2.55. The number of nitrogens with zero attached hydrogens (tertiary/aromatic N) is 6. The number of rotatable bonds is 4. The second-order valence-corrected chi connectivity index (χ2v) is 14.8. The van der Waals surface area contributed by atoms with E-state index in [9.17, 15) is 9.18 Å². The molecule has 0 radical (unpaired) electrons. The first-order valence-corrected chi connectivity index (χ1v) is 17.3. The Bertz CT molecular complexity index is 2030. The third-order valence-electron chi connectivity index (χ3n) is 10.6. The van der Waals surface area contributed by atoms with E-state index >= 15 is 4.39 Å². The number of pyridine rings is 1. The minimum atomic E-state index is -0.639. The van der Waals surface area contributed by atoms with Gasteiger partial charge in [0, 0.05) is 36.6 Å². The molecular weight excluding hydrogens is 626 g/mol. The molecule has 1 atom stereocenters. The van der Waals surface area contributed by atoms with E-state index in [0.717, 1.165) is 38.8 Å². The van der Waals surface area contributed by atoms with Gasteiger partial charge in [0.05, 0.1) is 22.2 Å². The van der Waals surface area contributed by atoms with Crippen molar-refractivity contribution in [2.45, 2.75) is 76.5 Å². The molecule has 4 aromatic rings. The molecule has 6 heterocycles. The summed E-state index contributed by atoms with van der Waals surface area (Å²) in [6.07, 6.45) is 10.9. The molecule has 0 aliphatic carbocycles. The van der Waals surface area contributed by atoms with Gasteiger partial charge in [0.1, 0.15) is 35.1 Å². The van der Waals surface area contributed by atoms with Crippen molar-refractivity contribution in [3.05, 3.63) is 53.2 Å². The van der Waals surface area contributed by atoms with Crippen molar-refractivity contribution in [1.82, 2.24) is 24.8 Å². The molecule has 3 saturated heterocycles. The van der Waals surface area contributed by atoms with Gasteiger partial charge in [-0.25, -0.2) is 18.6 Å². The van der Waals surface area contributed by atoms with Gasteiger partial charge < -0.3 is 19.3 Å². The van der Waals surface area contributed by atoms with Crippen LogP contribution in [0.25, 0.3) is 32.9 Å². The predicted octanol–water partition coefficient (Wildman–Crippen LogP) is 6.48. The number of hydrogen-bond donors (Lipinski definition) is 0. The van der Waals surface area contributed by atoms with Crippen molar-refractivity contribution in [3.8, 4) is 29.6 Å². The van der Waals surface area contributed by atoms with E-state index in [0.29, 0.717) is 72.3 Å². The molecule has 11 heteroatoms. The minimum Gasteiger partial charge on any atom is -0.461 e. The molecular formula is C38H40F2N6O3. The summed E-state index contributed by atoms with van der Waals surface area (Å²) >= 11 is 0. The summed E-state index contributed by atoms with van der Waals surface area (Å²) in [7, 11) is 0. The highest BCUT2D eigenvalue weighted by molar-refractivity contribution is 6.02. The van der Waals surface area contributed by atoms with Crippen LogP contribution in [0.2, 0.25) is 0 Å². The van der Waals surface area contributed by atoms with Gasteiger partial charge >= 0.3 is 12.1 Å². The van der Waals surface area contributed by atoms with Crippen LogP contribution in [0.15, 0.2) is 30.3 Å². The average Bonchev–Trinajstić information content (AvgIpc) is 3.62. The Balaban J connectivity index is 1.26. The van der Waals surface area contributed by atoms with E-state index in [-0.39, 0.29) is 40.5 Å². The summed E-state index contributed by atoms with van der Waals surface area (Å²) < 4.78 is 44.2. The van der Waals surface area contributed by atoms with E-state index < -0.39 is 17.2 Å². The second-order valence-electron chi connectivity index (χ2n) is 14.8. The first-order chi connectivity index (χ1) is 23.5. The topological polar surface area (TPSA) is 83.9 Å². The van der Waals surface area contributed by atoms with Crippen LogP contribution in [0.4, 0.5) is 19.4 Å². The first kappa shape index (κ1) is 31.7. The highest BCUT2D eigenvalue weighted by Crippen LogP contribution is 2.42. The third-order valence-corrected chi connectivity index (χ3v) is 10.6. The number of anilines is 1. The zero-order valence-corrected chi connectivity index (χ0v) is 28.2. The molecule has 8 rings (SSSR count). The predicted molar refractivity (Wildman–Crippen MR) is 184 cm³/mol. The van der Waals surface area contributed by atoms with Crippen LogP contribution < -0.4 is 9.64 Å². The summed E-state index contributed by atoms with van der Waals surface area (Å²) in [5.74, 6) is 1.83. The summed E-state index contributed by atoms with van der Waals surface area (Å²) in [5, 5.41) is 1.64. The number of benzene rings is 2. The fraction of sp³-hybridized carbons (Fsp3) is 0.474. The lowest BCUT2D eigenvalue weighted by atomic mass is 9.95. The second kappa shape index (κ2) is 11.8. The van der Waals surface area contributed by atoms with Gasteiger partial charge in [0.2, 0.25) is 0 Å².